The minimum Gasteiger partial charge on any atom is -0.544 e. The van der Waals surface area contributed by atoms with Gasteiger partial charge in [0, 0.05) is 5.92 Å². The molecule has 4 heteroatoms. The Morgan fingerprint density at radius 1 is 1.29 bits per heavy atom. The zero-order valence-electron chi connectivity index (χ0n) is 8.28. The van der Waals surface area contributed by atoms with Crippen LogP contribution in [0, 0.1) is 5.92 Å². The van der Waals surface area contributed by atoms with Crippen LogP contribution in [0.25, 0.3) is 0 Å². The molecule has 0 radical (unpaired) electrons. The molecular formula is C10H17NO2S. The van der Waals surface area contributed by atoms with Crippen LogP contribution in [-0.4, -0.2) is 23.1 Å². The van der Waals surface area contributed by atoms with Crippen LogP contribution in [0.4, 0.5) is 0 Å². The number of rotatable bonds is 2. The second-order valence-electron chi connectivity index (χ2n) is 4.31. The van der Waals surface area contributed by atoms with E-state index in [1.807, 2.05) is 17.1 Å². The number of hydrogen-bond donors (Lipinski definition) is 1. The minimum absolute atomic E-state index is 0.299. The highest BCUT2D eigenvalue weighted by Gasteiger charge is 2.35. The van der Waals surface area contributed by atoms with Crippen LogP contribution in [0.15, 0.2) is 0 Å². The Morgan fingerprint density at radius 2 is 2.00 bits per heavy atom. The summed E-state index contributed by atoms with van der Waals surface area (Å²) in [5.74, 6) is 0.567. The average molecular weight is 215 g/mol. The molecule has 3 nitrogen and oxygen atoms in total. The number of carbonyl (C=O) groups is 1. The lowest BCUT2D eigenvalue weighted by molar-refractivity contribution is -0.690. The van der Waals surface area contributed by atoms with E-state index in [0.717, 1.165) is 11.7 Å². The Hall–Kier alpha value is -0.220. The van der Waals surface area contributed by atoms with E-state index in [1.54, 1.807) is 0 Å². The van der Waals surface area contributed by atoms with E-state index >= 15 is 0 Å². The SMILES string of the molecule is O=C([O-])[C@@H]1CS[C@@H](C2CCCCC2)[NH2+]1. The first-order valence-electron chi connectivity index (χ1n) is 5.45. The van der Waals surface area contributed by atoms with Gasteiger partial charge in [-0.15, -0.1) is 0 Å². The van der Waals surface area contributed by atoms with Gasteiger partial charge in [0.1, 0.15) is 17.4 Å². The molecule has 0 aromatic heterocycles. The summed E-state index contributed by atoms with van der Waals surface area (Å²) in [6, 6.07) is -0.299. The van der Waals surface area contributed by atoms with E-state index < -0.39 is 5.97 Å². The molecule has 0 spiro atoms. The zero-order chi connectivity index (χ0) is 9.97. The van der Waals surface area contributed by atoms with Gasteiger partial charge in [-0.05, 0) is 12.8 Å². The highest BCUT2D eigenvalue weighted by atomic mass is 32.2. The number of nitrogens with two attached hydrogens (primary N) is 1. The number of hydrogen-bond acceptors (Lipinski definition) is 3. The number of quaternary nitrogens is 1. The molecular weight excluding hydrogens is 198 g/mol. The van der Waals surface area contributed by atoms with E-state index in [4.69, 9.17) is 0 Å². The maximum Gasteiger partial charge on any atom is 0.136 e. The highest BCUT2D eigenvalue weighted by molar-refractivity contribution is 7.99. The second kappa shape index (κ2) is 4.53. The molecule has 80 valence electrons. The van der Waals surface area contributed by atoms with E-state index in [9.17, 15) is 9.90 Å². The van der Waals surface area contributed by atoms with E-state index in [2.05, 4.69) is 0 Å². The molecule has 2 N–H and O–H groups in total. The molecule has 0 aromatic carbocycles. The zero-order valence-corrected chi connectivity index (χ0v) is 9.09. The Labute approximate surface area is 88.6 Å². The molecule has 1 aliphatic carbocycles. The van der Waals surface area contributed by atoms with Gasteiger partial charge in [-0.25, -0.2) is 0 Å². The third-order valence-corrected chi connectivity index (χ3v) is 4.79. The van der Waals surface area contributed by atoms with Crippen molar-refractivity contribution in [3.8, 4) is 0 Å². The van der Waals surface area contributed by atoms with Gasteiger partial charge in [-0.2, -0.15) is 0 Å². The van der Waals surface area contributed by atoms with Gasteiger partial charge >= 0.3 is 0 Å². The van der Waals surface area contributed by atoms with Gasteiger partial charge in [0.2, 0.25) is 0 Å². The smallest absolute Gasteiger partial charge is 0.136 e. The summed E-state index contributed by atoms with van der Waals surface area (Å²) in [6.45, 7) is 0. The molecule has 0 amide bonds. The van der Waals surface area contributed by atoms with Gasteiger partial charge in [0.15, 0.2) is 0 Å². The predicted molar refractivity (Wildman–Crippen MR) is 53.5 cm³/mol. The lowest BCUT2D eigenvalue weighted by atomic mass is 9.89. The molecule has 2 atom stereocenters. The lowest BCUT2D eigenvalue weighted by Crippen LogP contribution is -2.95. The predicted octanol–water partition coefficient (Wildman–Crippen LogP) is -0.678. The van der Waals surface area contributed by atoms with Crippen molar-refractivity contribution in [2.45, 2.75) is 43.5 Å². The topological polar surface area (TPSA) is 56.7 Å². The van der Waals surface area contributed by atoms with E-state index in [1.165, 1.54) is 32.1 Å². The van der Waals surface area contributed by atoms with Crippen molar-refractivity contribution in [3.05, 3.63) is 0 Å². The summed E-state index contributed by atoms with van der Waals surface area (Å²) >= 11 is 1.81. The third kappa shape index (κ3) is 2.23. The van der Waals surface area contributed by atoms with Gasteiger partial charge in [-0.3, -0.25) is 0 Å². The Bertz CT molecular complexity index is 216. The summed E-state index contributed by atoms with van der Waals surface area (Å²) in [6.07, 6.45) is 6.58. The largest absolute Gasteiger partial charge is 0.544 e. The quantitative estimate of drug-likeness (QED) is 0.664. The molecule has 1 saturated carbocycles. The molecule has 1 saturated heterocycles. The van der Waals surface area contributed by atoms with Crippen molar-refractivity contribution in [2.75, 3.05) is 5.75 Å². The Balaban J connectivity index is 1.85. The maximum absolute atomic E-state index is 10.7. The van der Waals surface area contributed by atoms with E-state index in [0.29, 0.717) is 5.37 Å². The monoisotopic (exact) mass is 215 g/mol. The van der Waals surface area contributed by atoms with Crippen LogP contribution in [0.3, 0.4) is 0 Å². The molecule has 2 fully saturated rings. The Kier molecular flexibility index (Phi) is 3.34. The maximum atomic E-state index is 10.7. The van der Waals surface area contributed by atoms with Gasteiger partial charge < -0.3 is 15.2 Å². The summed E-state index contributed by atoms with van der Waals surface area (Å²) in [4.78, 5) is 10.7. The number of carbonyl (C=O) groups excluding carboxylic acids is 1. The van der Waals surface area contributed by atoms with Crippen LogP contribution >= 0.6 is 11.8 Å². The molecule has 0 aromatic rings. The standard InChI is InChI=1S/C10H17NO2S/c12-10(13)8-6-14-9(11-8)7-4-2-1-3-5-7/h7-9,11H,1-6H2,(H,12,13)/t8-,9-/m0/s1. The number of aliphatic carboxylic acids is 1. The first-order valence-corrected chi connectivity index (χ1v) is 6.49. The van der Waals surface area contributed by atoms with Crippen molar-refractivity contribution in [2.24, 2.45) is 5.92 Å². The fourth-order valence-corrected chi connectivity index (χ4v) is 3.98. The van der Waals surface area contributed by atoms with Crippen LogP contribution < -0.4 is 10.4 Å². The van der Waals surface area contributed by atoms with E-state index in [-0.39, 0.29) is 6.04 Å². The lowest BCUT2D eigenvalue weighted by Gasteiger charge is -2.24. The summed E-state index contributed by atoms with van der Waals surface area (Å²) in [5, 5.41) is 13.2. The highest BCUT2D eigenvalue weighted by Crippen LogP contribution is 2.31. The minimum atomic E-state index is -0.893. The van der Waals surface area contributed by atoms with Gasteiger partial charge in [-0.1, -0.05) is 31.0 Å². The van der Waals surface area contributed by atoms with Crippen molar-refractivity contribution in [3.63, 3.8) is 0 Å². The van der Waals surface area contributed by atoms with Gasteiger partial charge in [0.05, 0.1) is 5.75 Å². The number of carboxylic acids is 1. The Morgan fingerprint density at radius 3 is 2.57 bits per heavy atom. The molecule has 1 heterocycles. The van der Waals surface area contributed by atoms with Crippen LogP contribution in [0.5, 0.6) is 0 Å². The normalized spacial score (nSPS) is 34.6. The van der Waals surface area contributed by atoms with Crippen molar-refractivity contribution in [1.82, 2.24) is 0 Å². The fourth-order valence-electron chi connectivity index (χ4n) is 2.46. The van der Waals surface area contributed by atoms with Crippen LogP contribution in [0.1, 0.15) is 32.1 Å². The first-order chi connectivity index (χ1) is 6.77. The summed E-state index contributed by atoms with van der Waals surface area (Å²) in [7, 11) is 0. The fraction of sp³-hybridized carbons (Fsp3) is 0.900. The first kappa shape index (κ1) is 10.3. The van der Waals surface area contributed by atoms with Crippen molar-refractivity contribution in [1.29, 1.82) is 0 Å². The second-order valence-corrected chi connectivity index (χ2v) is 5.53. The molecule has 2 rings (SSSR count). The molecule has 2 aliphatic rings. The van der Waals surface area contributed by atoms with Crippen LogP contribution in [-0.2, 0) is 4.79 Å². The van der Waals surface area contributed by atoms with Gasteiger partial charge in [0.25, 0.3) is 0 Å². The summed E-state index contributed by atoms with van der Waals surface area (Å²) < 4.78 is 0. The average Bonchev–Trinajstić information content (AvgIpc) is 2.68. The number of thioether (sulfide) groups is 1. The summed E-state index contributed by atoms with van der Waals surface area (Å²) in [5.41, 5.74) is 0. The molecule has 1 aliphatic heterocycles. The number of carboxylic acid groups (broad SMARTS) is 1. The molecule has 0 bridgehead atoms. The molecule has 0 unspecified atom stereocenters. The third-order valence-electron chi connectivity index (χ3n) is 3.31. The van der Waals surface area contributed by atoms with Crippen LogP contribution in [0.2, 0.25) is 0 Å². The molecule has 14 heavy (non-hydrogen) atoms. The van der Waals surface area contributed by atoms with Crippen molar-refractivity contribution < 1.29 is 15.2 Å². The van der Waals surface area contributed by atoms with Crippen molar-refractivity contribution >= 4 is 17.7 Å².